The van der Waals surface area contributed by atoms with Crippen molar-refractivity contribution >= 4 is 11.9 Å². The molecule has 6 nitrogen and oxygen atoms in total. The van der Waals surface area contributed by atoms with Gasteiger partial charge in [-0.15, -0.1) is 0 Å². The first kappa shape index (κ1) is 13.7. The number of carbonyl (C=O) groups excluding carboxylic acids is 1. The third kappa shape index (κ3) is 3.38. The summed E-state index contributed by atoms with van der Waals surface area (Å²) in [5, 5.41) is 11.4. The van der Waals surface area contributed by atoms with Crippen LogP contribution in [0.2, 0.25) is 0 Å². The molecule has 0 aliphatic heterocycles. The lowest BCUT2D eigenvalue weighted by Crippen LogP contribution is -2.24. The van der Waals surface area contributed by atoms with Crippen LogP contribution in [0.5, 0.6) is 0 Å². The highest BCUT2D eigenvalue weighted by Crippen LogP contribution is 2.02. The topological polar surface area (TPSA) is 92.2 Å². The lowest BCUT2D eigenvalue weighted by molar-refractivity contribution is 0.0690. The first-order valence-electron chi connectivity index (χ1n) is 5.96. The molecule has 0 radical (unpaired) electrons. The molecular formula is C14H13N3O3. The zero-order valence-corrected chi connectivity index (χ0v) is 10.8. The number of nitrogens with one attached hydrogen (secondary N) is 1. The Labute approximate surface area is 115 Å². The third-order valence-electron chi connectivity index (χ3n) is 2.62. The second-order valence-corrected chi connectivity index (χ2v) is 4.20. The van der Waals surface area contributed by atoms with Gasteiger partial charge in [-0.1, -0.05) is 12.1 Å². The molecule has 0 unspecified atom stereocenters. The molecule has 2 aromatic rings. The number of hydrogen-bond donors (Lipinski definition) is 2. The number of nitrogens with zero attached hydrogens (tertiary/aromatic N) is 2. The van der Waals surface area contributed by atoms with Gasteiger partial charge in [-0.25, -0.2) is 14.8 Å². The van der Waals surface area contributed by atoms with Crippen molar-refractivity contribution in [3.05, 3.63) is 59.2 Å². The van der Waals surface area contributed by atoms with Crippen molar-refractivity contribution in [3.63, 3.8) is 0 Å². The Bertz CT molecular complexity index is 638. The smallest absolute Gasteiger partial charge is 0.354 e. The minimum absolute atomic E-state index is 0.0274. The molecule has 0 spiro atoms. The van der Waals surface area contributed by atoms with Gasteiger partial charge in [0.2, 0.25) is 0 Å². The first-order valence-corrected chi connectivity index (χ1v) is 5.96. The van der Waals surface area contributed by atoms with E-state index in [0.29, 0.717) is 5.69 Å². The Hall–Kier alpha value is -2.76. The first-order chi connectivity index (χ1) is 9.56. The molecular weight excluding hydrogens is 258 g/mol. The minimum Gasteiger partial charge on any atom is -0.477 e. The maximum Gasteiger partial charge on any atom is 0.354 e. The number of amides is 1. The molecule has 1 amide bonds. The lowest BCUT2D eigenvalue weighted by atomic mass is 10.2. The van der Waals surface area contributed by atoms with Crippen LogP contribution in [-0.4, -0.2) is 27.0 Å². The van der Waals surface area contributed by atoms with Crippen LogP contribution in [0.1, 0.15) is 32.2 Å². The molecule has 102 valence electrons. The van der Waals surface area contributed by atoms with Crippen LogP contribution in [-0.2, 0) is 6.54 Å². The summed E-state index contributed by atoms with van der Waals surface area (Å²) in [6.45, 7) is 2.08. The lowest BCUT2D eigenvalue weighted by Gasteiger charge is -2.05. The van der Waals surface area contributed by atoms with E-state index in [-0.39, 0.29) is 18.1 Å². The van der Waals surface area contributed by atoms with Gasteiger partial charge in [0, 0.05) is 18.4 Å². The van der Waals surface area contributed by atoms with Gasteiger partial charge in [-0.3, -0.25) is 4.79 Å². The summed E-state index contributed by atoms with van der Waals surface area (Å²) in [4.78, 5) is 30.4. The number of aromatic nitrogens is 2. The molecule has 20 heavy (non-hydrogen) atoms. The molecule has 2 N–H and O–H groups in total. The number of carbonyl (C=O) groups is 2. The van der Waals surface area contributed by atoms with E-state index in [1.807, 2.05) is 13.0 Å². The van der Waals surface area contributed by atoms with Crippen molar-refractivity contribution in [2.24, 2.45) is 0 Å². The van der Waals surface area contributed by atoms with Crippen LogP contribution in [0.4, 0.5) is 0 Å². The van der Waals surface area contributed by atoms with E-state index in [1.165, 1.54) is 12.3 Å². The molecule has 2 heterocycles. The van der Waals surface area contributed by atoms with Gasteiger partial charge in [-0.2, -0.15) is 0 Å². The summed E-state index contributed by atoms with van der Waals surface area (Å²) in [6, 6.07) is 8.22. The summed E-state index contributed by atoms with van der Waals surface area (Å²) in [6.07, 6.45) is 1.42. The maximum absolute atomic E-state index is 11.9. The highest BCUT2D eigenvalue weighted by molar-refractivity contribution is 5.92. The largest absolute Gasteiger partial charge is 0.477 e. The van der Waals surface area contributed by atoms with Gasteiger partial charge in [-0.05, 0) is 30.7 Å². The number of aromatic carboxylic acids is 1. The van der Waals surface area contributed by atoms with Crippen LogP contribution < -0.4 is 5.32 Å². The molecule has 0 aromatic carbocycles. The van der Waals surface area contributed by atoms with Gasteiger partial charge < -0.3 is 10.4 Å². The van der Waals surface area contributed by atoms with E-state index < -0.39 is 5.97 Å². The van der Waals surface area contributed by atoms with E-state index in [0.717, 1.165) is 11.3 Å². The number of pyridine rings is 2. The summed E-state index contributed by atoms with van der Waals surface area (Å²) in [7, 11) is 0. The van der Waals surface area contributed by atoms with E-state index in [4.69, 9.17) is 5.11 Å². The predicted octanol–water partition coefficient (Wildman–Crippen LogP) is 1.41. The summed E-state index contributed by atoms with van der Waals surface area (Å²) in [5.41, 5.74) is 1.81. The molecule has 0 saturated heterocycles. The van der Waals surface area contributed by atoms with E-state index >= 15 is 0 Å². The second kappa shape index (κ2) is 5.92. The molecule has 0 fully saturated rings. The van der Waals surface area contributed by atoms with Crippen molar-refractivity contribution < 1.29 is 14.7 Å². The van der Waals surface area contributed by atoms with Gasteiger partial charge >= 0.3 is 5.97 Å². The summed E-state index contributed by atoms with van der Waals surface area (Å²) in [5.74, 6) is -1.36. The summed E-state index contributed by atoms with van der Waals surface area (Å²) < 4.78 is 0. The standard InChI is InChI=1S/C14H13N3O3/c1-9-3-2-4-11(17-9)13(18)16-8-10-5-6-12(14(19)20)15-7-10/h2-7H,8H2,1H3,(H,16,18)(H,19,20). The minimum atomic E-state index is -1.08. The number of rotatable bonds is 4. The SMILES string of the molecule is Cc1cccc(C(=O)NCc2ccc(C(=O)O)nc2)n1. The normalized spacial score (nSPS) is 10.1. The van der Waals surface area contributed by atoms with Crippen LogP contribution in [0, 0.1) is 6.92 Å². The van der Waals surface area contributed by atoms with Crippen LogP contribution >= 0.6 is 0 Å². The number of hydrogen-bond acceptors (Lipinski definition) is 4. The van der Waals surface area contributed by atoms with Crippen LogP contribution in [0.25, 0.3) is 0 Å². The summed E-state index contributed by atoms with van der Waals surface area (Å²) >= 11 is 0. The number of carboxylic acids is 1. The fourth-order valence-electron chi connectivity index (χ4n) is 1.60. The van der Waals surface area contributed by atoms with Crippen LogP contribution in [0.15, 0.2) is 36.5 Å². The Kier molecular flexibility index (Phi) is 4.05. The molecule has 0 aliphatic rings. The zero-order valence-electron chi connectivity index (χ0n) is 10.8. The Morgan fingerprint density at radius 2 is 2.00 bits per heavy atom. The van der Waals surface area contributed by atoms with Crippen molar-refractivity contribution in [2.45, 2.75) is 13.5 Å². The van der Waals surface area contributed by atoms with E-state index in [1.54, 1.807) is 18.2 Å². The maximum atomic E-state index is 11.9. The Balaban J connectivity index is 1.98. The Morgan fingerprint density at radius 3 is 2.60 bits per heavy atom. The predicted molar refractivity (Wildman–Crippen MR) is 71.3 cm³/mol. The van der Waals surface area contributed by atoms with Crippen molar-refractivity contribution in [2.75, 3.05) is 0 Å². The molecule has 2 rings (SSSR count). The fourth-order valence-corrected chi connectivity index (χ4v) is 1.60. The Morgan fingerprint density at radius 1 is 1.20 bits per heavy atom. The van der Waals surface area contributed by atoms with E-state index in [2.05, 4.69) is 15.3 Å². The molecule has 0 saturated carbocycles. The van der Waals surface area contributed by atoms with Crippen molar-refractivity contribution in [1.82, 2.24) is 15.3 Å². The van der Waals surface area contributed by atoms with E-state index in [9.17, 15) is 9.59 Å². The van der Waals surface area contributed by atoms with Gasteiger partial charge in [0.05, 0.1) is 0 Å². The zero-order chi connectivity index (χ0) is 14.5. The van der Waals surface area contributed by atoms with Crippen molar-refractivity contribution in [1.29, 1.82) is 0 Å². The molecule has 0 atom stereocenters. The average molecular weight is 271 g/mol. The molecule has 2 aromatic heterocycles. The highest BCUT2D eigenvalue weighted by Gasteiger charge is 2.08. The van der Waals surface area contributed by atoms with Gasteiger partial charge in [0.15, 0.2) is 0 Å². The molecule has 0 aliphatic carbocycles. The second-order valence-electron chi connectivity index (χ2n) is 4.20. The van der Waals surface area contributed by atoms with Gasteiger partial charge in [0.25, 0.3) is 5.91 Å². The van der Waals surface area contributed by atoms with Crippen LogP contribution in [0.3, 0.4) is 0 Å². The van der Waals surface area contributed by atoms with Crippen molar-refractivity contribution in [3.8, 4) is 0 Å². The van der Waals surface area contributed by atoms with Gasteiger partial charge in [0.1, 0.15) is 11.4 Å². The number of carboxylic acid groups (broad SMARTS) is 1. The highest BCUT2D eigenvalue weighted by atomic mass is 16.4. The third-order valence-corrected chi connectivity index (χ3v) is 2.62. The average Bonchev–Trinajstić information content (AvgIpc) is 2.45. The molecule has 6 heteroatoms. The fraction of sp³-hybridized carbons (Fsp3) is 0.143. The number of aryl methyl sites for hydroxylation is 1. The quantitative estimate of drug-likeness (QED) is 0.877. The molecule has 0 bridgehead atoms. The monoisotopic (exact) mass is 271 g/mol.